The molecule has 0 saturated carbocycles. The van der Waals surface area contributed by atoms with E-state index in [1.165, 1.54) is 43.2 Å². The zero-order valence-corrected chi connectivity index (χ0v) is 13.3. The Labute approximate surface area is 129 Å². The molecule has 0 bridgehead atoms. The van der Waals surface area contributed by atoms with E-state index in [-0.39, 0.29) is 0 Å². The van der Waals surface area contributed by atoms with E-state index in [1.807, 2.05) is 0 Å². The van der Waals surface area contributed by atoms with Crippen molar-refractivity contribution in [3.63, 3.8) is 0 Å². The van der Waals surface area contributed by atoms with Gasteiger partial charge >= 0.3 is 0 Å². The van der Waals surface area contributed by atoms with Crippen LogP contribution < -0.4 is 0 Å². The molecule has 3 rings (SSSR count). The third-order valence-electron chi connectivity index (χ3n) is 5.08. The maximum absolute atomic E-state index is 2.42. The molecule has 0 radical (unpaired) electrons. The Balaban J connectivity index is 1.77. The van der Waals surface area contributed by atoms with Gasteiger partial charge in [0.2, 0.25) is 0 Å². The van der Waals surface area contributed by atoms with Crippen LogP contribution in [0.4, 0.5) is 0 Å². The van der Waals surface area contributed by atoms with Gasteiger partial charge in [-0.3, -0.25) is 0 Å². The molecule has 0 spiro atoms. The molecule has 0 saturated heterocycles. The number of hydrogen-bond acceptors (Lipinski definition) is 0. The minimum atomic E-state index is 0.875. The van der Waals surface area contributed by atoms with Crippen LogP contribution in [-0.2, 0) is 12.8 Å². The molecule has 0 amide bonds. The van der Waals surface area contributed by atoms with Crippen LogP contribution in [0.15, 0.2) is 48.5 Å². The fourth-order valence-electron chi connectivity index (χ4n) is 3.58. The van der Waals surface area contributed by atoms with E-state index in [0.29, 0.717) is 0 Å². The van der Waals surface area contributed by atoms with Gasteiger partial charge in [0.15, 0.2) is 0 Å². The molecule has 0 aliphatic heterocycles. The molecule has 1 aliphatic carbocycles. The first-order chi connectivity index (χ1) is 10.3. The van der Waals surface area contributed by atoms with E-state index < -0.39 is 0 Å². The van der Waals surface area contributed by atoms with Crippen LogP contribution in [0.3, 0.4) is 0 Å². The predicted octanol–water partition coefficient (Wildman–Crippen LogP) is 5.89. The van der Waals surface area contributed by atoms with E-state index in [2.05, 4.69) is 62.4 Å². The third-order valence-corrected chi connectivity index (χ3v) is 5.08. The minimum absolute atomic E-state index is 0.875. The van der Waals surface area contributed by atoms with Crippen molar-refractivity contribution in [2.24, 2.45) is 11.8 Å². The van der Waals surface area contributed by atoms with E-state index >= 15 is 0 Å². The third kappa shape index (κ3) is 3.37. The highest BCUT2D eigenvalue weighted by Crippen LogP contribution is 2.32. The number of fused-ring (bicyclic) bond motifs is 1. The van der Waals surface area contributed by atoms with Crippen LogP contribution in [-0.4, -0.2) is 0 Å². The zero-order chi connectivity index (χ0) is 14.7. The molecule has 0 heteroatoms. The van der Waals surface area contributed by atoms with Gasteiger partial charge in [-0.2, -0.15) is 0 Å². The lowest BCUT2D eigenvalue weighted by Gasteiger charge is -2.27. The monoisotopic (exact) mass is 278 g/mol. The molecule has 1 aliphatic rings. The van der Waals surface area contributed by atoms with Crippen molar-refractivity contribution in [3.8, 4) is 11.1 Å². The summed E-state index contributed by atoms with van der Waals surface area (Å²) in [4.78, 5) is 0. The summed E-state index contributed by atoms with van der Waals surface area (Å²) in [6.07, 6.45) is 6.63. The van der Waals surface area contributed by atoms with Crippen LogP contribution in [0.2, 0.25) is 0 Å². The maximum Gasteiger partial charge on any atom is -0.0181 e. The Morgan fingerprint density at radius 2 is 1.81 bits per heavy atom. The molecule has 2 atom stereocenters. The highest BCUT2D eigenvalue weighted by atomic mass is 14.3. The molecular formula is C21H26. The summed E-state index contributed by atoms with van der Waals surface area (Å²) in [5.41, 5.74) is 5.88. The van der Waals surface area contributed by atoms with E-state index in [4.69, 9.17) is 0 Å². The van der Waals surface area contributed by atoms with Gasteiger partial charge in [0.25, 0.3) is 0 Å². The second kappa shape index (κ2) is 6.47. The van der Waals surface area contributed by atoms with E-state index in [1.54, 1.807) is 11.1 Å². The first kappa shape index (κ1) is 14.4. The van der Waals surface area contributed by atoms with Crippen LogP contribution >= 0.6 is 0 Å². The van der Waals surface area contributed by atoms with Crippen molar-refractivity contribution in [1.82, 2.24) is 0 Å². The van der Waals surface area contributed by atoms with Crippen LogP contribution in [0.25, 0.3) is 11.1 Å². The van der Waals surface area contributed by atoms with Gasteiger partial charge < -0.3 is 0 Å². The van der Waals surface area contributed by atoms with Crippen molar-refractivity contribution in [2.45, 2.75) is 46.0 Å². The van der Waals surface area contributed by atoms with Gasteiger partial charge in [-0.25, -0.2) is 0 Å². The molecule has 0 N–H and O–H groups in total. The lowest BCUT2D eigenvalue weighted by molar-refractivity contribution is 0.349. The van der Waals surface area contributed by atoms with Gasteiger partial charge in [0, 0.05) is 0 Å². The largest absolute Gasteiger partial charge is 0.0651 e. The fourth-order valence-corrected chi connectivity index (χ4v) is 3.58. The summed E-state index contributed by atoms with van der Waals surface area (Å²) in [6, 6.07) is 17.8. The van der Waals surface area contributed by atoms with Gasteiger partial charge in [0.1, 0.15) is 0 Å². The number of rotatable bonds is 4. The van der Waals surface area contributed by atoms with Crippen molar-refractivity contribution in [1.29, 1.82) is 0 Å². The van der Waals surface area contributed by atoms with Crippen LogP contribution in [0, 0.1) is 11.8 Å². The highest BCUT2D eigenvalue weighted by molar-refractivity contribution is 5.65. The summed E-state index contributed by atoms with van der Waals surface area (Å²) in [7, 11) is 0. The summed E-state index contributed by atoms with van der Waals surface area (Å²) in [5, 5.41) is 0. The number of hydrogen-bond donors (Lipinski definition) is 0. The fraction of sp³-hybridized carbons (Fsp3) is 0.429. The molecule has 2 aromatic carbocycles. The summed E-state index contributed by atoms with van der Waals surface area (Å²) < 4.78 is 0. The highest BCUT2D eigenvalue weighted by Gasteiger charge is 2.20. The van der Waals surface area contributed by atoms with Crippen LogP contribution in [0.5, 0.6) is 0 Å². The van der Waals surface area contributed by atoms with Crippen LogP contribution in [0.1, 0.15) is 44.2 Å². The SMILES string of the molecule is CCC(C)CC1CCc2cc(-c3ccccc3)ccc2C1. The van der Waals surface area contributed by atoms with Gasteiger partial charge in [-0.05, 0) is 59.8 Å². The van der Waals surface area contributed by atoms with Crippen molar-refractivity contribution in [2.75, 3.05) is 0 Å². The average molecular weight is 278 g/mol. The predicted molar refractivity (Wildman–Crippen MR) is 91.5 cm³/mol. The van der Waals surface area contributed by atoms with Gasteiger partial charge in [-0.1, -0.05) is 68.8 Å². The first-order valence-electron chi connectivity index (χ1n) is 8.43. The standard InChI is InChI=1S/C21H26/c1-3-16(2)13-17-9-10-21-15-20(12-11-19(21)14-17)18-7-5-4-6-8-18/h4-8,11-12,15-17H,3,9-10,13-14H2,1-2H3. The molecule has 2 aromatic rings. The second-order valence-electron chi connectivity index (χ2n) is 6.71. The van der Waals surface area contributed by atoms with Gasteiger partial charge in [-0.15, -0.1) is 0 Å². The van der Waals surface area contributed by atoms with E-state index in [9.17, 15) is 0 Å². The Bertz CT molecular complexity index is 582. The molecule has 2 unspecified atom stereocenters. The van der Waals surface area contributed by atoms with Gasteiger partial charge in [0.05, 0.1) is 0 Å². The summed E-state index contributed by atoms with van der Waals surface area (Å²) in [6.45, 7) is 4.71. The first-order valence-corrected chi connectivity index (χ1v) is 8.43. The zero-order valence-electron chi connectivity index (χ0n) is 13.3. The minimum Gasteiger partial charge on any atom is -0.0651 e. The second-order valence-corrected chi connectivity index (χ2v) is 6.71. The lowest BCUT2D eigenvalue weighted by atomic mass is 9.78. The van der Waals surface area contributed by atoms with E-state index in [0.717, 1.165) is 11.8 Å². The molecular weight excluding hydrogens is 252 g/mol. The number of benzene rings is 2. The molecule has 0 nitrogen and oxygen atoms in total. The Kier molecular flexibility index (Phi) is 4.43. The molecule has 0 aromatic heterocycles. The van der Waals surface area contributed by atoms with Crippen molar-refractivity contribution in [3.05, 3.63) is 59.7 Å². The molecule has 110 valence electrons. The summed E-state index contributed by atoms with van der Waals surface area (Å²) in [5.74, 6) is 1.77. The molecule has 0 heterocycles. The Morgan fingerprint density at radius 1 is 1.00 bits per heavy atom. The average Bonchev–Trinajstić information content (AvgIpc) is 2.55. The summed E-state index contributed by atoms with van der Waals surface area (Å²) >= 11 is 0. The Hall–Kier alpha value is -1.56. The Morgan fingerprint density at radius 3 is 2.57 bits per heavy atom. The maximum atomic E-state index is 2.42. The number of aryl methyl sites for hydroxylation is 1. The molecule has 0 fully saturated rings. The molecule has 21 heavy (non-hydrogen) atoms. The smallest absolute Gasteiger partial charge is 0.0181 e. The lowest BCUT2D eigenvalue weighted by Crippen LogP contribution is -2.16. The topological polar surface area (TPSA) is 0 Å². The normalized spacial score (nSPS) is 19.0. The van der Waals surface area contributed by atoms with Crippen molar-refractivity contribution < 1.29 is 0 Å². The quantitative estimate of drug-likeness (QED) is 0.653. The van der Waals surface area contributed by atoms with Crippen molar-refractivity contribution >= 4 is 0 Å².